The van der Waals surface area contributed by atoms with Gasteiger partial charge in [0.1, 0.15) is 17.3 Å². The van der Waals surface area contributed by atoms with Crippen molar-refractivity contribution in [2.75, 3.05) is 27.2 Å². The molecule has 104 valence electrons. The average molecular weight is 273 g/mol. The van der Waals surface area contributed by atoms with Gasteiger partial charge in [0.25, 0.3) is 0 Å². The van der Waals surface area contributed by atoms with Crippen LogP contribution in [0.1, 0.15) is 17.7 Å². The molecule has 0 saturated heterocycles. The molecule has 0 fully saturated rings. The molecule has 1 aromatic heterocycles. The summed E-state index contributed by atoms with van der Waals surface area (Å²) in [6.07, 6.45) is -3.91. The Morgan fingerprint density at radius 2 is 2.05 bits per heavy atom. The minimum Gasteiger partial charge on any atom is -0.477 e. The lowest BCUT2D eigenvalue weighted by atomic mass is 10.2. The van der Waals surface area contributed by atoms with Gasteiger partial charge in [0.15, 0.2) is 0 Å². The van der Waals surface area contributed by atoms with Gasteiger partial charge in [-0.05, 0) is 32.6 Å². The summed E-state index contributed by atoms with van der Waals surface area (Å²) in [6.45, 7) is 0.946. The molecule has 4 nitrogen and oxygen atoms in total. The van der Waals surface area contributed by atoms with Crippen LogP contribution in [-0.4, -0.2) is 37.1 Å². The lowest BCUT2D eigenvalue weighted by Gasteiger charge is -2.12. The second kappa shape index (κ2) is 6.38. The molecular formula is C12H14F3N3O. The van der Waals surface area contributed by atoms with E-state index in [9.17, 15) is 13.2 Å². The van der Waals surface area contributed by atoms with E-state index < -0.39 is 11.9 Å². The van der Waals surface area contributed by atoms with E-state index in [-0.39, 0.29) is 18.1 Å². The molecule has 0 atom stereocenters. The maximum Gasteiger partial charge on any atom is 0.433 e. The number of hydrogen-bond acceptors (Lipinski definition) is 4. The lowest BCUT2D eigenvalue weighted by Crippen LogP contribution is -2.16. The van der Waals surface area contributed by atoms with Gasteiger partial charge in [0.2, 0.25) is 5.88 Å². The Labute approximate surface area is 109 Å². The van der Waals surface area contributed by atoms with Gasteiger partial charge in [-0.1, -0.05) is 0 Å². The first-order valence-electron chi connectivity index (χ1n) is 5.60. The molecule has 0 saturated carbocycles. The predicted octanol–water partition coefficient (Wildman–Crippen LogP) is 2.30. The van der Waals surface area contributed by atoms with E-state index in [0.717, 1.165) is 18.7 Å². The molecule has 1 rings (SSSR count). The Hall–Kier alpha value is -1.81. The molecule has 0 spiro atoms. The topological polar surface area (TPSA) is 49.1 Å². The average Bonchev–Trinajstić information content (AvgIpc) is 2.33. The van der Waals surface area contributed by atoms with Crippen molar-refractivity contribution in [2.45, 2.75) is 12.6 Å². The summed E-state index contributed by atoms with van der Waals surface area (Å²) in [7, 11) is 3.76. The summed E-state index contributed by atoms with van der Waals surface area (Å²) in [5.74, 6) is -0.268. The Bertz CT molecular complexity index is 466. The van der Waals surface area contributed by atoms with Crippen LogP contribution in [0.2, 0.25) is 0 Å². The number of nitrogens with zero attached hydrogens (tertiary/aromatic N) is 3. The summed E-state index contributed by atoms with van der Waals surface area (Å²) in [6, 6.07) is 3.59. The van der Waals surface area contributed by atoms with E-state index in [1.54, 1.807) is 6.07 Å². The van der Waals surface area contributed by atoms with Crippen LogP contribution in [0, 0.1) is 11.3 Å². The number of nitriles is 1. The molecule has 1 aromatic rings. The predicted molar refractivity (Wildman–Crippen MR) is 62.6 cm³/mol. The van der Waals surface area contributed by atoms with Crippen molar-refractivity contribution in [3.8, 4) is 11.9 Å². The summed E-state index contributed by atoms with van der Waals surface area (Å²) in [4.78, 5) is 5.27. The van der Waals surface area contributed by atoms with Crippen molar-refractivity contribution in [3.63, 3.8) is 0 Å². The number of hydrogen-bond donors (Lipinski definition) is 0. The maximum atomic E-state index is 12.5. The Morgan fingerprint density at radius 1 is 1.37 bits per heavy atom. The molecule has 0 aliphatic carbocycles. The zero-order chi connectivity index (χ0) is 14.5. The largest absolute Gasteiger partial charge is 0.477 e. The van der Waals surface area contributed by atoms with Crippen LogP contribution in [0.5, 0.6) is 5.88 Å². The van der Waals surface area contributed by atoms with Crippen molar-refractivity contribution >= 4 is 0 Å². The van der Waals surface area contributed by atoms with Crippen LogP contribution >= 0.6 is 0 Å². The maximum absolute atomic E-state index is 12.5. The van der Waals surface area contributed by atoms with Crippen LogP contribution in [0.25, 0.3) is 0 Å². The van der Waals surface area contributed by atoms with Gasteiger partial charge in [-0.25, -0.2) is 4.98 Å². The van der Waals surface area contributed by atoms with Crippen LogP contribution in [-0.2, 0) is 6.18 Å². The molecule has 0 amide bonds. The minimum atomic E-state index is -4.55. The fourth-order valence-electron chi connectivity index (χ4n) is 1.34. The normalized spacial score (nSPS) is 11.4. The number of aromatic nitrogens is 1. The van der Waals surface area contributed by atoms with Crippen LogP contribution in [0.15, 0.2) is 12.1 Å². The van der Waals surface area contributed by atoms with E-state index in [4.69, 9.17) is 10.00 Å². The third-order valence-corrected chi connectivity index (χ3v) is 2.26. The highest BCUT2D eigenvalue weighted by Crippen LogP contribution is 2.29. The number of pyridine rings is 1. The van der Waals surface area contributed by atoms with Crippen molar-refractivity contribution in [1.29, 1.82) is 5.26 Å². The summed E-state index contributed by atoms with van der Waals surface area (Å²) in [5.41, 5.74) is -1.06. The molecule has 0 N–H and O–H groups in total. The Kier molecular flexibility index (Phi) is 5.12. The monoisotopic (exact) mass is 273 g/mol. The van der Waals surface area contributed by atoms with Crippen molar-refractivity contribution in [1.82, 2.24) is 9.88 Å². The van der Waals surface area contributed by atoms with Crippen molar-refractivity contribution in [2.24, 2.45) is 0 Å². The van der Waals surface area contributed by atoms with Crippen molar-refractivity contribution < 1.29 is 17.9 Å². The van der Waals surface area contributed by atoms with Crippen LogP contribution in [0.3, 0.4) is 0 Å². The lowest BCUT2D eigenvalue weighted by molar-refractivity contribution is -0.141. The van der Waals surface area contributed by atoms with Gasteiger partial charge in [0, 0.05) is 6.54 Å². The quantitative estimate of drug-likeness (QED) is 0.772. The molecule has 0 bridgehead atoms. The van der Waals surface area contributed by atoms with Crippen LogP contribution in [0.4, 0.5) is 13.2 Å². The number of alkyl halides is 3. The third kappa shape index (κ3) is 4.75. The van der Waals surface area contributed by atoms with E-state index in [2.05, 4.69) is 4.98 Å². The molecule has 0 aromatic carbocycles. The Balaban J connectivity index is 2.77. The molecule has 19 heavy (non-hydrogen) atoms. The standard InChI is InChI=1S/C12H14F3N3O/c1-18(2)6-3-7-19-11-9(8-16)4-5-10(17-11)12(13,14)15/h4-5H,3,6-7H2,1-2H3. The fraction of sp³-hybridized carbons (Fsp3) is 0.500. The second-order valence-corrected chi connectivity index (χ2v) is 4.16. The first-order chi connectivity index (χ1) is 8.84. The highest BCUT2D eigenvalue weighted by atomic mass is 19.4. The third-order valence-electron chi connectivity index (χ3n) is 2.26. The van der Waals surface area contributed by atoms with E-state index in [1.807, 2.05) is 19.0 Å². The molecule has 0 radical (unpaired) electrons. The second-order valence-electron chi connectivity index (χ2n) is 4.16. The number of rotatable bonds is 5. The van der Waals surface area contributed by atoms with Gasteiger partial charge >= 0.3 is 6.18 Å². The van der Waals surface area contributed by atoms with Gasteiger partial charge < -0.3 is 9.64 Å². The molecule has 0 unspecified atom stereocenters. The zero-order valence-electron chi connectivity index (χ0n) is 10.7. The summed E-state index contributed by atoms with van der Waals surface area (Å²) < 4.78 is 42.6. The zero-order valence-corrected chi connectivity index (χ0v) is 10.7. The molecule has 7 heteroatoms. The molecule has 0 aliphatic rings. The van der Waals surface area contributed by atoms with Gasteiger partial charge in [0.05, 0.1) is 6.61 Å². The highest BCUT2D eigenvalue weighted by molar-refractivity contribution is 5.39. The van der Waals surface area contributed by atoms with Crippen molar-refractivity contribution in [3.05, 3.63) is 23.4 Å². The number of ether oxygens (including phenoxy) is 1. The fourth-order valence-corrected chi connectivity index (χ4v) is 1.34. The molecule has 0 aliphatic heterocycles. The molecular weight excluding hydrogens is 259 g/mol. The molecule has 1 heterocycles. The minimum absolute atomic E-state index is 0.00199. The first kappa shape index (κ1) is 15.2. The highest BCUT2D eigenvalue weighted by Gasteiger charge is 2.33. The summed E-state index contributed by atoms with van der Waals surface area (Å²) >= 11 is 0. The Morgan fingerprint density at radius 3 is 2.58 bits per heavy atom. The van der Waals surface area contributed by atoms with Gasteiger partial charge in [-0.2, -0.15) is 18.4 Å². The smallest absolute Gasteiger partial charge is 0.433 e. The SMILES string of the molecule is CN(C)CCCOc1nc(C(F)(F)F)ccc1C#N. The van der Waals surface area contributed by atoms with E-state index in [0.29, 0.717) is 6.42 Å². The van der Waals surface area contributed by atoms with Gasteiger partial charge in [-0.3, -0.25) is 0 Å². The van der Waals surface area contributed by atoms with E-state index in [1.165, 1.54) is 0 Å². The van der Waals surface area contributed by atoms with Crippen LogP contribution < -0.4 is 4.74 Å². The summed E-state index contributed by atoms with van der Waals surface area (Å²) in [5, 5.41) is 8.80. The van der Waals surface area contributed by atoms with Gasteiger partial charge in [-0.15, -0.1) is 0 Å². The number of halogens is 3. The van der Waals surface area contributed by atoms with E-state index >= 15 is 0 Å². The first-order valence-corrected chi connectivity index (χ1v) is 5.60.